The minimum absolute atomic E-state index is 0.432. The number of halogens is 2. The second kappa shape index (κ2) is 8.01. The first kappa shape index (κ1) is 17.9. The summed E-state index contributed by atoms with van der Waals surface area (Å²) in [6.07, 6.45) is 3.12. The van der Waals surface area contributed by atoms with Gasteiger partial charge in [-0.2, -0.15) is 4.98 Å². The van der Waals surface area contributed by atoms with Gasteiger partial charge in [-0.25, -0.2) is 8.78 Å². The largest absolute Gasteiger partial charge is 0.340 e. The molecule has 1 atom stereocenters. The third-order valence-electron chi connectivity index (χ3n) is 4.78. The number of hydrogen-bond donors (Lipinski definition) is 0. The summed E-state index contributed by atoms with van der Waals surface area (Å²) in [5.74, 6) is 0.284. The minimum Gasteiger partial charge on any atom is -0.340 e. The van der Waals surface area contributed by atoms with Crippen molar-refractivity contribution in [1.29, 1.82) is 0 Å². The van der Waals surface area contributed by atoms with Crippen molar-refractivity contribution in [2.75, 3.05) is 20.1 Å². The van der Waals surface area contributed by atoms with Gasteiger partial charge < -0.3 is 4.52 Å². The van der Waals surface area contributed by atoms with Gasteiger partial charge in [0.05, 0.1) is 6.54 Å². The van der Waals surface area contributed by atoms with Crippen LogP contribution in [-0.4, -0.2) is 46.1 Å². The molecule has 0 amide bonds. The fraction of sp³-hybridized carbons (Fsp3) is 0.556. The van der Waals surface area contributed by atoms with E-state index >= 15 is 0 Å². The fourth-order valence-corrected chi connectivity index (χ4v) is 3.39. The first-order valence-corrected chi connectivity index (χ1v) is 8.67. The van der Waals surface area contributed by atoms with Gasteiger partial charge in [0.1, 0.15) is 11.6 Å². The molecule has 1 saturated heterocycles. The number of likely N-dealkylation sites (tertiary alicyclic amines) is 1. The number of benzene rings is 1. The van der Waals surface area contributed by atoms with Gasteiger partial charge >= 0.3 is 0 Å². The van der Waals surface area contributed by atoms with Gasteiger partial charge in [-0.15, -0.1) is 0 Å². The lowest BCUT2D eigenvalue weighted by molar-refractivity contribution is 0.199. The quantitative estimate of drug-likeness (QED) is 0.829. The van der Waals surface area contributed by atoms with Crippen LogP contribution < -0.4 is 0 Å². The monoisotopic (exact) mass is 350 g/mol. The second-order valence-corrected chi connectivity index (χ2v) is 6.74. The average Bonchev–Trinajstić information content (AvgIpc) is 2.83. The van der Waals surface area contributed by atoms with Crippen molar-refractivity contribution in [3.8, 4) is 0 Å². The maximum absolute atomic E-state index is 13.9. The van der Waals surface area contributed by atoms with Crippen LogP contribution in [0.5, 0.6) is 0 Å². The standard InChI is InChI=1S/C18H24F2N4O/c1-13-21-18(22-25-13)12-23(2)16-4-3-8-24(9-7-16)11-14-5-6-15(19)10-17(14)20/h5-6,10,16H,3-4,7-9,11-12H2,1-2H3/t16-/m1/s1. The van der Waals surface area contributed by atoms with Crippen LogP contribution in [0.25, 0.3) is 0 Å². The van der Waals surface area contributed by atoms with Crippen LogP contribution in [-0.2, 0) is 13.1 Å². The summed E-state index contributed by atoms with van der Waals surface area (Å²) in [4.78, 5) is 8.75. The van der Waals surface area contributed by atoms with E-state index < -0.39 is 11.6 Å². The molecule has 5 nitrogen and oxygen atoms in total. The highest BCUT2D eigenvalue weighted by Gasteiger charge is 2.22. The summed E-state index contributed by atoms with van der Waals surface area (Å²) >= 11 is 0. The zero-order chi connectivity index (χ0) is 17.8. The lowest BCUT2D eigenvalue weighted by Crippen LogP contribution is -2.33. The van der Waals surface area contributed by atoms with E-state index in [1.165, 1.54) is 12.1 Å². The Kier molecular flexibility index (Phi) is 5.75. The van der Waals surface area contributed by atoms with Crippen molar-refractivity contribution in [3.05, 3.63) is 47.1 Å². The van der Waals surface area contributed by atoms with Crippen molar-refractivity contribution >= 4 is 0 Å². The maximum atomic E-state index is 13.9. The zero-order valence-electron chi connectivity index (χ0n) is 14.7. The van der Waals surface area contributed by atoms with Crippen molar-refractivity contribution in [1.82, 2.24) is 19.9 Å². The van der Waals surface area contributed by atoms with Gasteiger partial charge in [-0.3, -0.25) is 9.80 Å². The van der Waals surface area contributed by atoms with Crippen LogP contribution in [0.15, 0.2) is 22.7 Å². The molecule has 0 bridgehead atoms. The van der Waals surface area contributed by atoms with Crippen molar-refractivity contribution < 1.29 is 13.3 Å². The molecule has 0 unspecified atom stereocenters. The zero-order valence-corrected chi connectivity index (χ0v) is 14.7. The van der Waals surface area contributed by atoms with Gasteiger partial charge in [0.25, 0.3) is 0 Å². The summed E-state index contributed by atoms with van der Waals surface area (Å²) in [6, 6.07) is 4.25. The van der Waals surface area contributed by atoms with Crippen LogP contribution in [0.2, 0.25) is 0 Å². The van der Waals surface area contributed by atoms with Crippen molar-refractivity contribution in [2.45, 2.75) is 45.3 Å². The molecule has 1 fully saturated rings. The van der Waals surface area contributed by atoms with E-state index in [0.29, 0.717) is 36.4 Å². The Morgan fingerprint density at radius 3 is 2.84 bits per heavy atom. The summed E-state index contributed by atoms with van der Waals surface area (Å²) in [5, 5.41) is 3.95. The Morgan fingerprint density at radius 1 is 1.28 bits per heavy atom. The Morgan fingerprint density at radius 2 is 2.12 bits per heavy atom. The minimum atomic E-state index is -0.532. The molecule has 3 rings (SSSR count). The third kappa shape index (κ3) is 4.83. The summed E-state index contributed by atoms with van der Waals surface area (Å²) in [7, 11) is 2.08. The number of hydrogen-bond acceptors (Lipinski definition) is 5. The molecule has 2 heterocycles. The van der Waals surface area contributed by atoms with Gasteiger partial charge in [0.15, 0.2) is 5.82 Å². The Balaban J connectivity index is 1.54. The van der Waals surface area contributed by atoms with E-state index in [2.05, 4.69) is 27.0 Å². The molecular weight excluding hydrogens is 326 g/mol. The Bertz CT molecular complexity index is 706. The van der Waals surface area contributed by atoms with E-state index in [1.54, 1.807) is 6.92 Å². The van der Waals surface area contributed by atoms with E-state index in [1.807, 2.05) is 0 Å². The second-order valence-electron chi connectivity index (χ2n) is 6.74. The fourth-order valence-electron chi connectivity index (χ4n) is 3.39. The SMILES string of the molecule is Cc1nc(CN(C)[C@@H]2CCCN(Cc3ccc(F)cc3F)CC2)no1. The highest BCUT2D eigenvalue weighted by atomic mass is 19.1. The summed E-state index contributed by atoms with van der Waals surface area (Å²) < 4.78 is 31.9. The normalized spacial score (nSPS) is 19.3. The van der Waals surface area contributed by atoms with Gasteiger partial charge in [-0.05, 0) is 45.5 Å². The molecule has 0 aliphatic carbocycles. The van der Waals surface area contributed by atoms with Crippen LogP contribution >= 0.6 is 0 Å². The molecule has 7 heteroatoms. The predicted octanol–water partition coefficient (Wildman–Crippen LogP) is 3.14. The van der Waals surface area contributed by atoms with Gasteiger partial charge in [0, 0.05) is 31.1 Å². The van der Waals surface area contributed by atoms with Gasteiger partial charge in [-0.1, -0.05) is 11.2 Å². The lowest BCUT2D eigenvalue weighted by Gasteiger charge is -2.26. The van der Waals surface area contributed by atoms with Crippen LogP contribution in [0.4, 0.5) is 8.78 Å². The molecule has 1 aromatic carbocycles. The highest BCUT2D eigenvalue weighted by molar-refractivity contribution is 5.18. The molecule has 0 saturated carbocycles. The van der Waals surface area contributed by atoms with E-state index in [9.17, 15) is 8.78 Å². The average molecular weight is 350 g/mol. The number of rotatable bonds is 5. The van der Waals surface area contributed by atoms with E-state index in [0.717, 1.165) is 38.4 Å². The molecule has 2 aromatic rings. The van der Waals surface area contributed by atoms with E-state index in [4.69, 9.17) is 4.52 Å². The number of nitrogens with zero attached hydrogens (tertiary/aromatic N) is 4. The number of aromatic nitrogens is 2. The van der Waals surface area contributed by atoms with Crippen LogP contribution in [0.1, 0.15) is 36.5 Å². The third-order valence-corrected chi connectivity index (χ3v) is 4.78. The molecule has 0 radical (unpaired) electrons. The van der Waals surface area contributed by atoms with Crippen LogP contribution in [0, 0.1) is 18.6 Å². The molecule has 1 aliphatic heterocycles. The van der Waals surface area contributed by atoms with Crippen molar-refractivity contribution in [3.63, 3.8) is 0 Å². The molecular formula is C18H24F2N4O. The highest BCUT2D eigenvalue weighted by Crippen LogP contribution is 2.20. The topological polar surface area (TPSA) is 45.4 Å². The smallest absolute Gasteiger partial charge is 0.223 e. The van der Waals surface area contributed by atoms with Gasteiger partial charge in [0.2, 0.25) is 5.89 Å². The summed E-state index contributed by atoms with van der Waals surface area (Å²) in [5.41, 5.74) is 0.551. The molecule has 25 heavy (non-hydrogen) atoms. The number of aryl methyl sites for hydroxylation is 1. The predicted molar refractivity (Wildman–Crippen MR) is 89.8 cm³/mol. The maximum Gasteiger partial charge on any atom is 0.223 e. The van der Waals surface area contributed by atoms with E-state index in [-0.39, 0.29) is 0 Å². The first-order chi connectivity index (χ1) is 12.0. The Labute approximate surface area is 146 Å². The van der Waals surface area contributed by atoms with Crippen molar-refractivity contribution in [2.24, 2.45) is 0 Å². The first-order valence-electron chi connectivity index (χ1n) is 8.67. The summed E-state index contributed by atoms with van der Waals surface area (Å²) in [6.45, 7) is 4.77. The molecule has 0 N–H and O–H groups in total. The molecule has 1 aromatic heterocycles. The molecule has 1 aliphatic rings. The molecule has 136 valence electrons. The molecule has 0 spiro atoms. The Hall–Kier alpha value is -1.86. The van der Waals surface area contributed by atoms with Crippen LogP contribution in [0.3, 0.4) is 0 Å². The lowest BCUT2D eigenvalue weighted by atomic mass is 10.1.